The Labute approximate surface area is 152 Å². The van der Waals surface area contributed by atoms with Gasteiger partial charge in [0.25, 0.3) is 0 Å². The van der Waals surface area contributed by atoms with E-state index in [1.807, 2.05) is 0 Å². The zero-order chi connectivity index (χ0) is 18.1. The van der Waals surface area contributed by atoms with E-state index in [1.165, 1.54) is 11.1 Å². The van der Waals surface area contributed by atoms with E-state index in [0.717, 1.165) is 51.9 Å². The third kappa shape index (κ3) is 6.67. The number of aryl methyl sites for hydroxylation is 1. The first kappa shape index (κ1) is 19.7. The molecule has 0 bridgehead atoms. The topological polar surface area (TPSA) is 48.9 Å². The van der Waals surface area contributed by atoms with Crippen LogP contribution >= 0.6 is 0 Å². The van der Waals surface area contributed by atoms with Gasteiger partial charge < -0.3 is 15.4 Å². The van der Waals surface area contributed by atoms with Gasteiger partial charge in [0.2, 0.25) is 0 Å². The second-order valence-electron chi connectivity index (χ2n) is 7.07. The van der Waals surface area contributed by atoms with Crippen LogP contribution in [0, 0.1) is 12.8 Å². The molecule has 1 heterocycles. The van der Waals surface area contributed by atoms with Gasteiger partial charge in [-0.3, -0.25) is 9.89 Å². The lowest BCUT2D eigenvalue weighted by Crippen LogP contribution is -2.46. The molecular formula is C20H34N4O. The average Bonchev–Trinajstić information content (AvgIpc) is 2.62. The number of nitrogens with zero attached hydrogens (tertiary/aromatic N) is 2. The number of hydrogen-bond acceptors (Lipinski definition) is 3. The van der Waals surface area contributed by atoms with Crippen molar-refractivity contribution in [2.75, 3.05) is 45.9 Å². The van der Waals surface area contributed by atoms with Crippen molar-refractivity contribution in [1.29, 1.82) is 0 Å². The van der Waals surface area contributed by atoms with Crippen LogP contribution in [0.2, 0.25) is 0 Å². The number of aliphatic imine (C=N–C) groups is 1. The van der Waals surface area contributed by atoms with Crippen molar-refractivity contribution in [3.8, 4) is 0 Å². The van der Waals surface area contributed by atoms with Gasteiger partial charge in [0.1, 0.15) is 0 Å². The van der Waals surface area contributed by atoms with Crippen molar-refractivity contribution in [3.63, 3.8) is 0 Å². The van der Waals surface area contributed by atoms with Crippen LogP contribution < -0.4 is 10.6 Å². The third-order valence-corrected chi connectivity index (χ3v) is 4.37. The summed E-state index contributed by atoms with van der Waals surface area (Å²) in [6.45, 7) is 14.7. The molecule has 2 rings (SSSR count). The fourth-order valence-electron chi connectivity index (χ4n) is 2.94. The van der Waals surface area contributed by atoms with E-state index in [-0.39, 0.29) is 0 Å². The molecule has 1 aromatic rings. The monoisotopic (exact) mass is 346 g/mol. The van der Waals surface area contributed by atoms with Crippen molar-refractivity contribution in [1.82, 2.24) is 15.5 Å². The summed E-state index contributed by atoms with van der Waals surface area (Å²) in [4.78, 5) is 7.20. The molecule has 1 aliphatic rings. The highest BCUT2D eigenvalue weighted by atomic mass is 16.5. The highest BCUT2D eigenvalue weighted by molar-refractivity contribution is 5.79. The Morgan fingerprint density at radius 2 is 1.84 bits per heavy atom. The lowest BCUT2D eigenvalue weighted by Gasteiger charge is -2.35. The zero-order valence-corrected chi connectivity index (χ0v) is 16.2. The predicted octanol–water partition coefficient (Wildman–Crippen LogP) is 2.58. The van der Waals surface area contributed by atoms with Crippen molar-refractivity contribution >= 4 is 5.96 Å². The van der Waals surface area contributed by atoms with Gasteiger partial charge in [-0.1, -0.05) is 43.7 Å². The molecule has 0 aliphatic carbocycles. The number of ether oxygens (including phenoxy) is 1. The molecule has 1 saturated heterocycles. The Kier molecular flexibility index (Phi) is 8.22. The molecule has 1 fully saturated rings. The van der Waals surface area contributed by atoms with E-state index in [1.54, 1.807) is 0 Å². The molecule has 0 amide bonds. The van der Waals surface area contributed by atoms with Crippen LogP contribution in [0.1, 0.15) is 37.9 Å². The van der Waals surface area contributed by atoms with Gasteiger partial charge >= 0.3 is 0 Å². The van der Waals surface area contributed by atoms with Gasteiger partial charge in [-0.2, -0.15) is 0 Å². The molecule has 0 aromatic heterocycles. The van der Waals surface area contributed by atoms with Crippen molar-refractivity contribution < 1.29 is 4.74 Å². The van der Waals surface area contributed by atoms with Crippen LogP contribution in [0.4, 0.5) is 0 Å². The SMILES string of the molecule is CCNC(=NCC(C)C)NCC(c1ccc(C)cc1)N1CCOCC1. The van der Waals surface area contributed by atoms with Gasteiger partial charge in [0.15, 0.2) is 5.96 Å². The Morgan fingerprint density at radius 1 is 1.16 bits per heavy atom. The zero-order valence-electron chi connectivity index (χ0n) is 16.2. The maximum absolute atomic E-state index is 5.54. The average molecular weight is 347 g/mol. The lowest BCUT2D eigenvalue weighted by molar-refractivity contribution is 0.0170. The molecular weight excluding hydrogens is 312 g/mol. The smallest absolute Gasteiger partial charge is 0.191 e. The van der Waals surface area contributed by atoms with E-state index in [0.29, 0.717) is 12.0 Å². The fraction of sp³-hybridized carbons (Fsp3) is 0.650. The lowest BCUT2D eigenvalue weighted by atomic mass is 10.0. The van der Waals surface area contributed by atoms with Gasteiger partial charge in [-0.15, -0.1) is 0 Å². The van der Waals surface area contributed by atoms with Gasteiger partial charge in [-0.25, -0.2) is 0 Å². The van der Waals surface area contributed by atoms with Crippen LogP contribution in [0.3, 0.4) is 0 Å². The van der Waals surface area contributed by atoms with E-state index in [4.69, 9.17) is 4.74 Å². The van der Waals surface area contributed by atoms with Crippen LogP contribution in [-0.2, 0) is 4.74 Å². The first-order valence-electron chi connectivity index (χ1n) is 9.50. The first-order valence-corrected chi connectivity index (χ1v) is 9.50. The van der Waals surface area contributed by atoms with Gasteiger partial charge in [0.05, 0.1) is 19.3 Å². The van der Waals surface area contributed by atoms with E-state index in [9.17, 15) is 0 Å². The number of benzene rings is 1. The van der Waals surface area contributed by atoms with Crippen molar-refractivity contribution in [3.05, 3.63) is 35.4 Å². The minimum atomic E-state index is 0.326. The van der Waals surface area contributed by atoms with Crippen LogP contribution in [0.25, 0.3) is 0 Å². The molecule has 1 atom stereocenters. The van der Waals surface area contributed by atoms with Crippen molar-refractivity contribution in [2.45, 2.75) is 33.7 Å². The number of morpholine rings is 1. The highest BCUT2D eigenvalue weighted by Crippen LogP contribution is 2.21. The normalized spacial score (nSPS) is 17.6. The summed E-state index contributed by atoms with van der Waals surface area (Å²) in [6.07, 6.45) is 0. The summed E-state index contributed by atoms with van der Waals surface area (Å²) in [6, 6.07) is 9.21. The first-order chi connectivity index (χ1) is 12.1. The third-order valence-electron chi connectivity index (χ3n) is 4.37. The summed E-state index contributed by atoms with van der Waals surface area (Å²) < 4.78 is 5.54. The quantitative estimate of drug-likeness (QED) is 0.588. The number of guanidine groups is 1. The molecule has 5 nitrogen and oxygen atoms in total. The Morgan fingerprint density at radius 3 is 2.44 bits per heavy atom. The molecule has 0 radical (unpaired) electrons. The molecule has 5 heteroatoms. The molecule has 140 valence electrons. The second kappa shape index (κ2) is 10.4. The van der Waals surface area contributed by atoms with E-state index >= 15 is 0 Å². The van der Waals surface area contributed by atoms with Crippen molar-refractivity contribution in [2.24, 2.45) is 10.9 Å². The largest absolute Gasteiger partial charge is 0.379 e. The Balaban J connectivity index is 2.08. The van der Waals surface area contributed by atoms with Gasteiger partial charge in [-0.05, 0) is 25.3 Å². The molecule has 1 aromatic carbocycles. The number of rotatable bonds is 7. The van der Waals surface area contributed by atoms with E-state index < -0.39 is 0 Å². The van der Waals surface area contributed by atoms with Crippen LogP contribution in [0.15, 0.2) is 29.3 Å². The molecule has 1 unspecified atom stereocenters. The minimum Gasteiger partial charge on any atom is -0.379 e. The molecule has 0 saturated carbocycles. The molecule has 25 heavy (non-hydrogen) atoms. The standard InChI is InChI=1S/C20H34N4O/c1-5-21-20(22-14-16(2)3)23-15-19(24-10-12-25-13-11-24)18-8-6-17(4)7-9-18/h6-9,16,19H,5,10-15H2,1-4H3,(H2,21,22,23). The fourth-order valence-corrected chi connectivity index (χ4v) is 2.94. The summed E-state index contributed by atoms with van der Waals surface area (Å²) in [7, 11) is 0. The molecule has 2 N–H and O–H groups in total. The maximum atomic E-state index is 5.54. The highest BCUT2D eigenvalue weighted by Gasteiger charge is 2.22. The van der Waals surface area contributed by atoms with E-state index in [2.05, 4.69) is 72.5 Å². The molecule has 1 aliphatic heterocycles. The summed E-state index contributed by atoms with van der Waals surface area (Å²) in [5, 5.41) is 6.90. The minimum absolute atomic E-state index is 0.326. The second-order valence-corrected chi connectivity index (χ2v) is 7.07. The number of hydrogen-bond donors (Lipinski definition) is 2. The van der Waals surface area contributed by atoms with Crippen LogP contribution in [-0.4, -0.2) is 56.8 Å². The summed E-state index contributed by atoms with van der Waals surface area (Å²) in [5.41, 5.74) is 2.64. The maximum Gasteiger partial charge on any atom is 0.191 e. The number of nitrogens with one attached hydrogen (secondary N) is 2. The summed E-state index contributed by atoms with van der Waals surface area (Å²) >= 11 is 0. The van der Waals surface area contributed by atoms with Gasteiger partial charge in [0, 0.05) is 32.7 Å². The van der Waals surface area contributed by atoms with Crippen LogP contribution in [0.5, 0.6) is 0 Å². The Hall–Kier alpha value is -1.59. The summed E-state index contributed by atoms with van der Waals surface area (Å²) in [5.74, 6) is 1.46. The predicted molar refractivity (Wildman–Crippen MR) is 105 cm³/mol. The Bertz CT molecular complexity index is 521. The molecule has 0 spiro atoms.